The van der Waals surface area contributed by atoms with Gasteiger partial charge in [-0.2, -0.15) is 5.10 Å². The molecule has 0 fully saturated rings. The van der Waals surface area contributed by atoms with E-state index in [1.54, 1.807) is 6.20 Å². The number of benzene rings is 1. The normalized spacial score (nSPS) is 14.9. The van der Waals surface area contributed by atoms with Gasteiger partial charge in [-0.25, -0.2) is 4.52 Å². The summed E-state index contributed by atoms with van der Waals surface area (Å²) in [5, 5.41) is 7.78. The molecule has 0 amide bonds. The Morgan fingerprint density at radius 2 is 2.29 bits per heavy atom. The Bertz CT molecular complexity index is 796. The van der Waals surface area contributed by atoms with Crippen molar-refractivity contribution in [3.63, 3.8) is 0 Å². The molecule has 0 radical (unpaired) electrons. The second-order valence-electron chi connectivity index (χ2n) is 5.19. The molecule has 4 rings (SSSR count). The van der Waals surface area contributed by atoms with E-state index in [0.29, 0.717) is 0 Å². The van der Waals surface area contributed by atoms with Crippen LogP contribution in [0.15, 0.2) is 43.0 Å². The molecule has 0 aliphatic carbocycles. The van der Waals surface area contributed by atoms with Gasteiger partial charge in [-0.05, 0) is 24.2 Å². The molecule has 0 bridgehead atoms. The summed E-state index contributed by atoms with van der Waals surface area (Å²) in [6.45, 7) is 0.781. The van der Waals surface area contributed by atoms with Crippen LogP contribution in [-0.2, 0) is 6.42 Å². The minimum Gasteiger partial charge on any atom is -0.493 e. The number of nitrogens with zero attached hydrogens (tertiary/aromatic N) is 3. The summed E-state index contributed by atoms with van der Waals surface area (Å²) in [7, 11) is 1.97. The third-order valence-corrected chi connectivity index (χ3v) is 4.00. The topological polar surface area (TPSA) is 51.5 Å². The van der Waals surface area contributed by atoms with Crippen LogP contribution >= 0.6 is 0 Å². The molecule has 1 aliphatic heterocycles. The van der Waals surface area contributed by atoms with E-state index in [-0.39, 0.29) is 6.04 Å². The Balaban J connectivity index is 1.81. The van der Waals surface area contributed by atoms with Gasteiger partial charge in [0.25, 0.3) is 0 Å². The van der Waals surface area contributed by atoms with Crippen molar-refractivity contribution in [1.29, 1.82) is 0 Å². The van der Waals surface area contributed by atoms with Gasteiger partial charge in [0.1, 0.15) is 5.75 Å². The molecule has 106 valence electrons. The van der Waals surface area contributed by atoms with Crippen LogP contribution in [0.4, 0.5) is 0 Å². The van der Waals surface area contributed by atoms with Crippen molar-refractivity contribution in [2.45, 2.75) is 12.5 Å². The Labute approximate surface area is 122 Å². The van der Waals surface area contributed by atoms with Crippen molar-refractivity contribution in [2.24, 2.45) is 0 Å². The van der Waals surface area contributed by atoms with Crippen LogP contribution in [0.3, 0.4) is 0 Å². The van der Waals surface area contributed by atoms with Gasteiger partial charge in [0, 0.05) is 24.4 Å². The van der Waals surface area contributed by atoms with Gasteiger partial charge in [0.15, 0.2) is 0 Å². The summed E-state index contributed by atoms with van der Waals surface area (Å²) in [6.07, 6.45) is 8.34. The van der Waals surface area contributed by atoms with Gasteiger partial charge >= 0.3 is 0 Å². The lowest BCUT2D eigenvalue weighted by molar-refractivity contribution is 0.357. The molecule has 21 heavy (non-hydrogen) atoms. The van der Waals surface area contributed by atoms with Crippen LogP contribution in [0.5, 0.6) is 5.75 Å². The van der Waals surface area contributed by atoms with E-state index >= 15 is 0 Å². The Morgan fingerprint density at radius 3 is 3.19 bits per heavy atom. The van der Waals surface area contributed by atoms with Crippen molar-refractivity contribution in [3.8, 4) is 5.75 Å². The molecule has 1 aromatic carbocycles. The quantitative estimate of drug-likeness (QED) is 0.797. The van der Waals surface area contributed by atoms with E-state index in [9.17, 15) is 0 Å². The van der Waals surface area contributed by atoms with E-state index in [2.05, 4.69) is 33.6 Å². The monoisotopic (exact) mass is 280 g/mol. The summed E-state index contributed by atoms with van der Waals surface area (Å²) in [5.41, 5.74) is 4.65. The fourth-order valence-electron chi connectivity index (χ4n) is 2.96. The van der Waals surface area contributed by atoms with Crippen molar-refractivity contribution in [2.75, 3.05) is 13.7 Å². The maximum atomic E-state index is 5.58. The first-order valence-electron chi connectivity index (χ1n) is 7.07. The first-order chi connectivity index (χ1) is 10.4. The minimum atomic E-state index is 0.0950. The van der Waals surface area contributed by atoms with Crippen LogP contribution in [0.2, 0.25) is 0 Å². The molecular formula is C16H16N4O. The summed E-state index contributed by atoms with van der Waals surface area (Å²) in [4.78, 5) is 4.21. The SMILES string of the molecule is CNC(c1ccc2c(c1)CCO2)c1cnn2ccncc12. The third kappa shape index (κ3) is 1.97. The van der Waals surface area contributed by atoms with E-state index < -0.39 is 0 Å². The van der Waals surface area contributed by atoms with E-state index in [1.165, 1.54) is 11.1 Å². The van der Waals surface area contributed by atoms with Crippen LogP contribution in [0.25, 0.3) is 5.52 Å². The average Bonchev–Trinajstić information content (AvgIpc) is 3.15. The van der Waals surface area contributed by atoms with Crippen LogP contribution < -0.4 is 10.1 Å². The Morgan fingerprint density at radius 1 is 1.33 bits per heavy atom. The van der Waals surface area contributed by atoms with Gasteiger partial charge in [-0.1, -0.05) is 12.1 Å². The molecule has 0 saturated heterocycles. The lowest BCUT2D eigenvalue weighted by atomic mass is 9.97. The molecule has 3 aromatic rings. The molecule has 0 spiro atoms. The van der Waals surface area contributed by atoms with Crippen LogP contribution in [0.1, 0.15) is 22.7 Å². The predicted molar refractivity (Wildman–Crippen MR) is 79.5 cm³/mol. The maximum absolute atomic E-state index is 5.58. The number of rotatable bonds is 3. The smallest absolute Gasteiger partial charge is 0.122 e. The zero-order chi connectivity index (χ0) is 14.2. The van der Waals surface area contributed by atoms with E-state index in [4.69, 9.17) is 4.74 Å². The number of hydrogen-bond donors (Lipinski definition) is 1. The van der Waals surface area contributed by atoms with Crippen LogP contribution in [0, 0.1) is 0 Å². The molecule has 5 nitrogen and oxygen atoms in total. The highest BCUT2D eigenvalue weighted by atomic mass is 16.5. The average molecular weight is 280 g/mol. The number of fused-ring (bicyclic) bond motifs is 2. The summed E-state index contributed by atoms with van der Waals surface area (Å²) in [6, 6.07) is 6.50. The maximum Gasteiger partial charge on any atom is 0.122 e. The molecule has 1 unspecified atom stereocenters. The Hall–Kier alpha value is -2.40. The molecule has 1 N–H and O–H groups in total. The van der Waals surface area contributed by atoms with Crippen molar-refractivity contribution < 1.29 is 4.74 Å². The molecular weight excluding hydrogens is 264 g/mol. The number of aromatic nitrogens is 3. The van der Waals surface area contributed by atoms with Gasteiger partial charge in [-0.3, -0.25) is 4.98 Å². The van der Waals surface area contributed by atoms with Crippen LogP contribution in [-0.4, -0.2) is 28.3 Å². The highest BCUT2D eigenvalue weighted by Gasteiger charge is 2.20. The zero-order valence-electron chi connectivity index (χ0n) is 11.8. The van der Waals surface area contributed by atoms with E-state index in [0.717, 1.165) is 29.9 Å². The molecule has 1 atom stereocenters. The fourth-order valence-corrected chi connectivity index (χ4v) is 2.96. The van der Waals surface area contributed by atoms with Crippen molar-refractivity contribution in [3.05, 3.63) is 59.7 Å². The van der Waals surface area contributed by atoms with Crippen molar-refractivity contribution >= 4 is 5.52 Å². The number of hydrogen-bond acceptors (Lipinski definition) is 4. The largest absolute Gasteiger partial charge is 0.493 e. The van der Waals surface area contributed by atoms with Crippen molar-refractivity contribution in [1.82, 2.24) is 19.9 Å². The number of nitrogens with one attached hydrogen (secondary N) is 1. The summed E-state index contributed by atoms with van der Waals surface area (Å²) >= 11 is 0. The standard InChI is InChI=1S/C16H16N4O/c1-17-16(12-2-3-15-11(8-12)4-7-21-15)13-9-19-20-6-5-18-10-14(13)20/h2-3,5-6,8-10,16-17H,4,7H2,1H3. The van der Waals surface area contributed by atoms with Gasteiger partial charge in [0.2, 0.25) is 0 Å². The highest BCUT2D eigenvalue weighted by molar-refractivity contribution is 5.56. The predicted octanol–water partition coefficient (Wildman–Crippen LogP) is 1.97. The summed E-state index contributed by atoms with van der Waals surface area (Å²) < 4.78 is 7.43. The van der Waals surface area contributed by atoms with E-state index in [1.807, 2.05) is 30.2 Å². The second-order valence-corrected chi connectivity index (χ2v) is 5.19. The zero-order valence-corrected chi connectivity index (χ0v) is 11.8. The number of ether oxygens (including phenoxy) is 1. The molecule has 0 saturated carbocycles. The first-order valence-corrected chi connectivity index (χ1v) is 7.07. The second kappa shape index (κ2) is 4.86. The van der Waals surface area contributed by atoms with Gasteiger partial charge in [0.05, 0.1) is 30.6 Å². The molecule has 1 aliphatic rings. The minimum absolute atomic E-state index is 0.0950. The lowest BCUT2D eigenvalue weighted by Crippen LogP contribution is -2.17. The lowest BCUT2D eigenvalue weighted by Gasteiger charge is -2.16. The highest BCUT2D eigenvalue weighted by Crippen LogP contribution is 2.31. The fraction of sp³-hybridized carbons (Fsp3) is 0.250. The summed E-state index contributed by atoms with van der Waals surface area (Å²) in [5.74, 6) is 1.01. The van der Waals surface area contributed by atoms with Gasteiger partial charge in [-0.15, -0.1) is 0 Å². The molecule has 5 heteroatoms. The third-order valence-electron chi connectivity index (χ3n) is 4.00. The molecule has 3 heterocycles. The van der Waals surface area contributed by atoms with Gasteiger partial charge < -0.3 is 10.1 Å². The molecule has 2 aromatic heterocycles. The first kappa shape index (κ1) is 12.3. The Kier molecular flexibility index (Phi) is 2.86.